The summed E-state index contributed by atoms with van der Waals surface area (Å²) in [6.45, 7) is 0.646. The monoisotopic (exact) mass is 341 g/mol. The highest BCUT2D eigenvalue weighted by molar-refractivity contribution is 7.99. The largest absolute Gasteiger partial charge is 0.493 e. The molecule has 1 saturated carbocycles. The highest BCUT2D eigenvalue weighted by Crippen LogP contribution is 2.20. The molecule has 0 aromatic heterocycles. The fraction of sp³-hybridized carbons (Fsp3) is 0.350. The van der Waals surface area contributed by atoms with Crippen LogP contribution in [-0.4, -0.2) is 24.3 Å². The van der Waals surface area contributed by atoms with Crippen molar-refractivity contribution < 1.29 is 9.53 Å². The first-order chi connectivity index (χ1) is 11.8. The molecule has 2 aromatic rings. The van der Waals surface area contributed by atoms with E-state index in [-0.39, 0.29) is 5.91 Å². The van der Waals surface area contributed by atoms with Gasteiger partial charge >= 0.3 is 0 Å². The zero-order valence-electron chi connectivity index (χ0n) is 13.7. The third kappa shape index (κ3) is 5.03. The van der Waals surface area contributed by atoms with Gasteiger partial charge in [0, 0.05) is 22.3 Å². The minimum absolute atomic E-state index is 0.0214. The first kappa shape index (κ1) is 16.9. The number of nitrogens with one attached hydrogen (secondary N) is 1. The van der Waals surface area contributed by atoms with Crippen LogP contribution in [0.15, 0.2) is 59.5 Å². The van der Waals surface area contributed by atoms with Gasteiger partial charge in [-0.2, -0.15) is 0 Å². The summed E-state index contributed by atoms with van der Waals surface area (Å²) in [6.07, 6.45) is 4.65. The molecular weight excluding hydrogens is 318 g/mol. The van der Waals surface area contributed by atoms with Crippen LogP contribution in [0.2, 0.25) is 0 Å². The van der Waals surface area contributed by atoms with Crippen LogP contribution in [0.5, 0.6) is 5.75 Å². The third-order valence-electron chi connectivity index (χ3n) is 4.17. The number of carbonyl (C=O) groups is 1. The van der Waals surface area contributed by atoms with Crippen LogP contribution in [0.25, 0.3) is 0 Å². The van der Waals surface area contributed by atoms with Gasteiger partial charge in [-0.25, -0.2) is 0 Å². The van der Waals surface area contributed by atoms with E-state index in [1.807, 2.05) is 42.5 Å². The number of ether oxygens (including phenoxy) is 1. The number of amides is 1. The molecule has 24 heavy (non-hydrogen) atoms. The molecule has 0 bridgehead atoms. The van der Waals surface area contributed by atoms with Crippen LogP contribution in [0, 0.1) is 0 Å². The van der Waals surface area contributed by atoms with Crippen molar-refractivity contribution in [3.05, 3.63) is 60.2 Å². The van der Waals surface area contributed by atoms with E-state index in [0.717, 1.165) is 24.3 Å². The summed E-state index contributed by atoms with van der Waals surface area (Å²) >= 11 is 1.78. The molecule has 1 fully saturated rings. The normalized spacial score (nSPS) is 14.5. The van der Waals surface area contributed by atoms with Gasteiger partial charge in [0.05, 0.1) is 6.61 Å². The Kier molecular flexibility index (Phi) is 6.19. The summed E-state index contributed by atoms with van der Waals surface area (Å²) in [6, 6.07) is 18.1. The second kappa shape index (κ2) is 8.78. The number of hydrogen-bond acceptors (Lipinski definition) is 3. The van der Waals surface area contributed by atoms with Gasteiger partial charge in [-0.15, -0.1) is 11.8 Å². The van der Waals surface area contributed by atoms with Gasteiger partial charge in [0.2, 0.25) is 0 Å². The quantitative estimate of drug-likeness (QED) is 0.594. The number of rotatable bonds is 7. The van der Waals surface area contributed by atoms with Gasteiger partial charge in [0.25, 0.3) is 5.91 Å². The fourth-order valence-corrected chi connectivity index (χ4v) is 3.63. The zero-order valence-corrected chi connectivity index (χ0v) is 14.6. The van der Waals surface area contributed by atoms with E-state index < -0.39 is 0 Å². The van der Waals surface area contributed by atoms with Crippen LogP contribution in [0.3, 0.4) is 0 Å². The second-order valence-electron chi connectivity index (χ2n) is 5.99. The topological polar surface area (TPSA) is 38.3 Å². The zero-order chi connectivity index (χ0) is 16.6. The Morgan fingerprint density at radius 1 is 1.04 bits per heavy atom. The Morgan fingerprint density at radius 2 is 1.75 bits per heavy atom. The van der Waals surface area contributed by atoms with Crippen LogP contribution in [0.1, 0.15) is 36.0 Å². The SMILES string of the molecule is O=C(NC1CCCC1)c1ccc(OCCSc2ccccc2)cc1. The van der Waals surface area contributed by atoms with Crippen LogP contribution in [-0.2, 0) is 0 Å². The Bertz CT molecular complexity index is 636. The molecule has 2 aromatic carbocycles. The van der Waals surface area contributed by atoms with Crippen LogP contribution in [0.4, 0.5) is 0 Å². The Balaban J connectivity index is 1.41. The molecule has 0 atom stereocenters. The first-order valence-corrected chi connectivity index (χ1v) is 9.51. The molecule has 0 radical (unpaired) electrons. The van der Waals surface area contributed by atoms with E-state index in [1.165, 1.54) is 17.7 Å². The lowest BCUT2D eigenvalue weighted by Crippen LogP contribution is -2.32. The Hall–Kier alpha value is -1.94. The summed E-state index contributed by atoms with van der Waals surface area (Å²) in [4.78, 5) is 13.4. The van der Waals surface area contributed by atoms with Crippen molar-refractivity contribution >= 4 is 17.7 Å². The van der Waals surface area contributed by atoms with E-state index in [2.05, 4.69) is 17.4 Å². The summed E-state index contributed by atoms with van der Waals surface area (Å²) < 4.78 is 5.74. The van der Waals surface area contributed by atoms with Crippen LogP contribution >= 0.6 is 11.8 Å². The molecule has 126 valence electrons. The first-order valence-electron chi connectivity index (χ1n) is 8.53. The molecule has 0 aliphatic heterocycles. The lowest BCUT2D eigenvalue weighted by atomic mass is 10.1. The highest BCUT2D eigenvalue weighted by Gasteiger charge is 2.17. The number of hydrogen-bond donors (Lipinski definition) is 1. The summed E-state index contributed by atoms with van der Waals surface area (Å²) in [5, 5.41) is 3.10. The molecule has 0 saturated heterocycles. The van der Waals surface area contributed by atoms with Gasteiger partial charge in [-0.05, 0) is 49.2 Å². The van der Waals surface area contributed by atoms with E-state index in [0.29, 0.717) is 18.2 Å². The predicted octanol–water partition coefficient (Wildman–Crippen LogP) is 4.53. The van der Waals surface area contributed by atoms with Crippen molar-refractivity contribution in [2.45, 2.75) is 36.6 Å². The lowest BCUT2D eigenvalue weighted by molar-refractivity contribution is 0.0938. The molecule has 0 heterocycles. The van der Waals surface area contributed by atoms with Crippen molar-refractivity contribution in [2.75, 3.05) is 12.4 Å². The molecule has 1 aliphatic carbocycles. The maximum atomic E-state index is 12.2. The van der Waals surface area contributed by atoms with E-state index >= 15 is 0 Å². The highest BCUT2D eigenvalue weighted by atomic mass is 32.2. The Morgan fingerprint density at radius 3 is 2.46 bits per heavy atom. The van der Waals surface area contributed by atoms with Gasteiger partial charge in [0.15, 0.2) is 0 Å². The average Bonchev–Trinajstić information content (AvgIpc) is 3.13. The standard InChI is InChI=1S/C20H23NO2S/c22-20(21-17-6-4-5-7-17)16-10-12-18(13-11-16)23-14-15-24-19-8-2-1-3-9-19/h1-3,8-13,17H,4-7,14-15H2,(H,21,22). The van der Waals surface area contributed by atoms with E-state index in [4.69, 9.17) is 4.74 Å². The molecule has 1 aliphatic rings. The number of carbonyl (C=O) groups excluding carboxylic acids is 1. The molecule has 1 amide bonds. The Labute approximate surface area is 147 Å². The maximum Gasteiger partial charge on any atom is 0.251 e. The minimum Gasteiger partial charge on any atom is -0.493 e. The van der Waals surface area contributed by atoms with Gasteiger partial charge in [-0.1, -0.05) is 31.0 Å². The summed E-state index contributed by atoms with van der Waals surface area (Å²) in [5.41, 5.74) is 0.702. The van der Waals surface area contributed by atoms with Crippen molar-refractivity contribution in [1.82, 2.24) is 5.32 Å². The maximum absolute atomic E-state index is 12.2. The van der Waals surface area contributed by atoms with E-state index in [9.17, 15) is 4.79 Å². The van der Waals surface area contributed by atoms with Crippen molar-refractivity contribution in [3.63, 3.8) is 0 Å². The summed E-state index contributed by atoms with van der Waals surface area (Å²) in [7, 11) is 0. The molecule has 0 unspecified atom stereocenters. The average molecular weight is 341 g/mol. The van der Waals surface area contributed by atoms with E-state index in [1.54, 1.807) is 11.8 Å². The van der Waals surface area contributed by atoms with Crippen LogP contribution < -0.4 is 10.1 Å². The minimum atomic E-state index is 0.0214. The molecule has 3 nitrogen and oxygen atoms in total. The smallest absolute Gasteiger partial charge is 0.251 e. The van der Waals surface area contributed by atoms with Crippen molar-refractivity contribution in [2.24, 2.45) is 0 Å². The molecule has 3 rings (SSSR count). The summed E-state index contributed by atoms with van der Waals surface area (Å²) in [5.74, 6) is 1.72. The molecular formula is C20H23NO2S. The van der Waals surface area contributed by atoms with Crippen molar-refractivity contribution in [3.8, 4) is 5.75 Å². The predicted molar refractivity (Wildman–Crippen MR) is 98.8 cm³/mol. The second-order valence-corrected chi connectivity index (χ2v) is 7.16. The number of benzene rings is 2. The third-order valence-corrected chi connectivity index (χ3v) is 5.15. The fourth-order valence-electron chi connectivity index (χ4n) is 2.88. The lowest BCUT2D eigenvalue weighted by Gasteiger charge is -2.12. The van der Waals surface area contributed by atoms with Gasteiger partial charge in [-0.3, -0.25) is 4.79 Å². The molecule has 0 spiro atoms. The molecule has 4 heteroatoms. The molecule has 1 N–H and O–H groups in total. The number of thioether (sulfide) groups is 1. The van der Waals surface area contributed by atoms with Gasteiger partial charge < -0.3 is 10.1 Å². The van der Waals surface area contributed by atoms with Crippen molar-refractivity contribution in [1.29, 1.82) is 0 Å². The van der Waals surface area contributed by atoms with Gasteiger partial charge in [0.1, 0.15) is 5.75 Å².